The highest BCUT2D eigenvalue weighted by Gasteiger charge is 2.55. The van der Waals surface area contributed by atoms with E-state index < -0.39 is 0 Å². The average molecular weight is 276 g/mol. The predicted molar refractivity (Wildman–Crippen MR) is 79.1 cm³/mol. The standard InChI is InChI=1S/C18H28O2/c1-18-9-8-14-13-5-3-12(19)10-11(13)2-4-15(14)16(18)6-7-17(18)20/h2,12-17,19-20H,3-10H2,1H3/t12?,13-,14+,15+,16-,17?,18-/m0/s1. The maximum absolute atomic E-state index is 10.4. The van der Waals surface area contributed by atoms with Gasteiger partial charge in [0.2, 0.25) is 0 Å². The van der Waals surface area contributed by atoms with Gasteiger partial charge < -0.3 is 10.2 Å². The van der Waals surface area contributed by atoms with Crippen molar-refractivity contribution in [3.8, 4) is 0 Å². The van der Waals surface area contributed by atoms with Crippen molar-refractivity contribution in [3.63, 3.8) is 0 Å². The lowest BCUT2D eigenvalue weighted by atomic mass is 9.53. The SMILES string of the molecule is C[C@]12CC[C@H]3[C@@H](CC=C4CC(O)CC[C@@H]43)[C@@H]1CCC2O. The van der Waals surface area contributed by atoms with Crippen LogP contribution in [0, 0.1) is 29.1 Å². The van der Waals surface area contributed by atoms with Gasteiger partial charge in [0.25, 0.3) is 0 Å². The third-order valence-corrected chi connectivity index (χ3v) is 7.37. The first-order valence-electron chi connectivity index (χ1n) is 8.64. The van der Waals surface area contributed by atoms with Crippen molar-refractivity contribution in [1.82, 2.24) is 0 Å². The fourth-order valence-corrected chi connectivity index (χ4v) is 6.22. The topological polar surface area (TPSA) is 40.5 Å². The fraction of sp³-hybridized carbons (Fsp3) is 0.889. The van der Waals surface area contributed by atoms with Crippen LogP contribution in [-0.4, -0.2) is 22.4 Å². The minimum absolute atomic E-state index is 0.0630. The van der Waals surface area contributed by atoms with Gasteiger partial charge in [0.15, 0.2) is 0 Å². The van der Waals surface area contributed by atoms with Crippen molar-refractivity contribution in [3.05, 3.63) is 11.6 Å². The molecule has 0 amide bonds. The van der Waals surface area contributed by atoms with Crippen LogP contribution < -0.4 is 0 Å². The molecular formula is C18H28O2. The Morgan fingerprint density at radius 1 is 1.05 bits per heavy atom. The first-order chi connectivity index (χ1) is 9.59. The van der Waals surface area contributed by atoms with Gasteiger partial charge in [-0.25, -0.2) is 0 Å². The molecular weight excluding hydrogens is 248 g/mol. The van der Waals surface area contributed by atoms with Crippen LogP contribution in [0.4, 0.5) is 0 Å². The molecule has 2 heteroatoms. The molecule has 2 N–H and O–H groups in total. The third-order valence-electron chi connectivity index (χ3n) is 7.37. The predicted octanol–water partition coefficient (Wildman–Crippen LogP) is 3.28. The van der Waals surface area contributed by atoms with E-state index >= 15 is 0 Å². The third kappa shape index (κ3) is 1.77. The summed E-state index contributed by atoms with van der Waals surface area (Å²) >= 11 is 0. The number of hydrogen-bond acceptors (Lipinski definition) is 2. The zero-order valence-corrected chi connectivity index (χ0v) is 12.6. The molecule has 0 aromatic rings. The highest BCUT2D eigenvalue weighted by molar-refractivity contribution is 5.20. The molecule has 0 aliphatic heterocycles. The summed E-state index contributed by atoms with van der Waals surface area (Å²) < 4.78 is 0. The number of fused-ring (bicyclic) bond motifs is 5. The Morgan fingerprint density at radius 2 is 1.90 bits per heavy atom. The van der Waals surface area contributed by atoms with E-state index in [-0.39, 0.29) is 17.6 Å². The second kappa shape index (κ2) is 4.58. The van der Waals surface area contributed by atoms with E-state index in [9.17, 15) is 10.2 Å². The monoisotopic (exact) mass is 276 g/mol. The summed E-state index contributed by atoms with van der Waals surface area (Å²) in [6, 6.07) is 0. The van der Waals surface area contributed by atoms with Gasteiger partial charge in [-0.05, 0) is 80.5 Å². The first-order valence-corrected chi connectivity index (χ1v) is 8.64. The highest BCUT2D eigenvalue weighted by atomic mass is 16.3. The van der Waals surface area contributed by atoms with Gasteiger partial charge in [0.1, 0.15) is 0 Å². The molecule has 0 radical (unpaired) electrons. The maximum Gasteiger partial charge on any atom is 0.0596 e. The molecule has 4 rings (SSSR count). The summed E-state index contributed by atoms with van der Waals surface area (Å²) in [5, 5.41) is 20.3. The van der Waals surface area contributed by atoms with Gasteiger partial charge in [-0.1, -0.05) is 18.6 Å². The molecule has 0 bridgehead atoms. The molecule has 3 saturated carbocycles. The molecule has 3 fully saturated rings. The summed E-state index contributed by atoms with van der Waals surface area (Å²) in [4.78, 5) is 0. The smallest absolute Gasteiger partial charge is 0.0596 e. The Kier molecular flexibility index (Phi) is 3.05. The molecule has 0 aromatic carbocycles. The van der Waals surface area contributed by atoms with Crippen LogP contribution in [0.15, 0.2) is 11.6 Å². The molecule has 0 spiro atoms. The lowest BCUT2D eigenvalue weighted by molar-refractivity contribution is -0.0499. The van der Waals surface area contributed by atoms with E-state index in [0.29, 0.717) is 0 Å². The Hall–Kier alpha value is -0.340. The minimum Gasteiger partial charge on any atom is -0.393 e. The van der Waals surface area contributed by atoms with Gasteiger partial charge in [-0.3, -0.25) is 0 Å². The van der Waals surface area contributed by atoms with E-state index in [1.54, 1.807) is 5.57 Å². The van der Waals surface area contributed by atoms with E-state index in [1.807, 2.05) is 0 Å². The van der Waals surface area contributed by atoms with Crippen molar-refractivity contribution >= 4 is 0 Å². The van der Waals surface area contributed by atoms with Gasteiger partial charge in [-0.15, -0.1) is 0 Å². The maximum atomic E-state index is 10.4. The van der Waals surface area contributed by atoms with E-state index in [1.165, 1.54) is 32.1 Å². The van der Waals surface area contributed by atoms with Crippen molar-refractivity contribution < 1.29 is 10.2 Å². The average Bonchev–Trinajstić information content (AvgIpc) is 2.74. The van der Waals surface area contributed by atoms with Crippen LogP contribution in [0.25, 0.3) is 0 Å². The van der Waals surface area contributed by atoms with Crippen LogP contribution in [0.5, 0.6) is 0 Å². The molecule has 4 aliphatic rings. The number of aliphatic hydroxyl groups is 2. The number of rotatable bonds is 0. The zero-order chi connectivity index (χ0) is 13.9. The number of allylic oxidation sites excluding steroid dienone is 1. The zero-order valence-electron chi connectivity index (χ0n) is 12.6. The summed E-state index contributed by atoms with van der Waals surface area (Å²) in [5.74, 6) is 3.13. The molecule has 0 aromatic heterocycles. The number of hydrogen-bond donors (Lipinski definition) is 2. The van der Waals surface area contributed by atoms with Gasteiger partial charge in [0, 0.05) is 0 Å². The first kappa shape index (κ1) is 13.3. The summed E-state index contributed by atoms with van der Waals surface area (Å²) in [6.45, 7) is 2.34. The second-order valence-electron chi connectivity index (χ2n) is 8.13. The van der Waals surface area contributed by atoms with Gasteiger partial charge in [0.05, 0.1) is 12.2 Å². The highest BCUT2D eigenvalue weighted by Crippen LogP contribution is 2.61. The summed E-state index contributed by atoms with van der Waals surface area (Å²) in [6.07, 6.45) is 11.4. The van der Waals surface area contributed by atoms with Crippen LogP contribution in [-0.2, 0) is 0 Å². The van der Waals surface area contributed by atoms with Crippen LogP contribution in [0.1, 0.15) is 58.3 Å². The quantitative estimate of drug-likeness (QED) is 0.667. The number of aliphatic hydroxyl groups excluding tert-OH is 2. The van der Waals surface area contributed by atoms with Crippen LogP contribution in [0.3, 0.4) is 0 Å². The molecule has 112 valence electrons. The Morgan fingerprint density at radius 3 is 2.75 bits per heavy atom. The molecule has 0 saturated heterocycles. The van der Waals surface area contributed by atoms with Crippen LogP contribution in [0.2, 0.25) is 0 Å². The fourth-order valence-electron chi connectivity index (χ4n) is 6.22. The Bertz CT molecular complexity index is 429. The van der Waals surface area contributed by atoms with Crippen molar-refractivity contribution in [2.24, 2.45) is 29.1 Å². The molecule has 7 atom stereocenters. The van der Waals surface area contributed by atoms with E-state index in [4.69, 9.17) is 0 Å². The summed E-state index contributed by atoms with van der Waals surface area (Å²) in [5.41, 5.74) is 1.76. The minimum atomic E-state index is -0.0868. The van der Waals surface area contributed by atoms with E-state index in [0.717, 1.165) is 42.9 Å². The molecule has 2 unspecified atom stereocenters. The van der Waals surface area contributed by atoms with Crippen molar-refractivity contribution in [2.45, 2.75) is 70.5 Å². The molecule has 4 aliphatic carbocycles. The van der Waals surface area contributed by atoms with Crippen molar-refractivity contribution in [2.75, 3.05) is 0 Å². The van der Waals surface area contributed by atoms with E-state index in [2.05, 4.69) is 13.0 Å². The molecule has 2 nitrogen and oxygen atoms in total. The van der Waals surface area contributed by atoms with Crippen molar-refractivity contribution in [1.29, 1.82) is 0 Å². The molecule has 20 heavy (non-hydrogen) atoms. The normalized spacial score (nSPS) is 54.6. The molecule has 0 heterocycles. The van der Waals surface area contributed by atoms with Gasteiger partial charge in [-0.2, -0.15) is 0 Å². The van der Waals surface area contributed by atoms with Crippen LogP contribution >= 0.6 is 0 Å². The van der Waals surface area contributed by atoms with Gasteiger partial charge >= 0.3 is 0 Å². The summed E-state index contributed by atoms with van der Waals surface area (Å²) in [7, 11) is 0. The largest absolute Gasteiger partial charge is 0.393 e. The lowest BCUT2D eigenvalue weighted by Crippen LogP contribution is -2.47. The Labute approximate surface area is 122 Å². The second-order valence-corrected chi connectivity index (χ2v) is 8.13. The lowest BCUT2D eigenvalue weighted by Gasteiger charge is -2.53. The Balaban J connectivity index is 1.62.